The Morgan fingerprint density at radius 3 is 1.46 bits per heavy atom. The molecule has 0 aliphatic rings. The van der Waals surface area contributed by atoms with E-state index in [4.69, 9.17) is 8.83 Å². The molecule has 2 N–H and O–H groups in total. The maximum atomic E-state index is 11.7. The van der Waals surface area contributed by atoms with E-state index >= 15 is 0 Å². The Morgan fingerprint density at radius 1 is 0.792 bits per heavy atom. The number of carbonyl (C=O) groups is 2. The van der Waals surface area contributed by atoms with Gasteiger partial charge < -0.3 is 8.83 Å². The van der Waals surface area contributed by atoms with E-state index in [2.05, 4.69) is 21.1 Å². The van der Waals surface area contributed by atoms with E-state index in [-0.39, 0.29) is 0 Å². The minimum atomic E-state index is -0.940. The highest BCUT2D eigenvalue weighted by atomic mass is 16.3. The van der Waals surface area contributed by atoms with Gasteiger partial charge in [-0.05, 0) is 52.0 Å². The molecule has 0 bridgehead atoms. The van der Waals surface area contributed by atoms with Gasteiger partial charge in [-0.15, -0.1) is 0 Å². The van der Waals surface area contributed by atoms with Crippen molar-refractivity contribution in [3.05, 3.63) is 47.3 Å². The number of carbonyl (C=O) groups excluding carboxylic acids is 2. The summed E-state index contributed by atoms with van der Waals surface area (Å²) in [6, 6.07) is 6.99. The van der Waals surface area contributed by atoms with E-state index < -0.39 is 11.8 Å². The molecule has 0 fully saturated rings. The Balaban J connectivity index is 1.91. The molecule has 2 aromatic heterocycles. The van der Waals surface area contributed by atoms with Crippen LogP contribution in [-0.4, -0.2) is 23.2 Å². The molecule has 2 heterocycles. The highest BCUT2D eigenvalue weighted by Gasteiger charge is 2.13. The molecule has 24 heavy (non-hydrogen) atoms. The minimum Gasteiger partial charge on any atom is -0.460 e. The number of hydrogen-bond donors (Lipinski definition) is 2. The van der Waals surface area contributed by atoms with Gasteiger partial charge in [0.15, 0.2) is 0 Å². The molecule has 0 saturated carbocycles. The van der Waals surface area contributed by atoms with Crippen LogP contribution in [-0.2, 0) is 9.59 Å². The number of furan rings is 2. The van der Waals surface area contributed by atoms with E-state index in [1.165, 1.54) is 0 Å². The standard InChI is InChI=1S/C16H18N4O4/c1-9-5-7-13(23-9)11(3)17-19-15(21)16(22)20-18-12(4)14-8-6-10(2)24-14/h5-8H,1-4H3,(H,19,21)(H,20,22)/b17-11+,18-12+. The lowest BCUT2D eigenvalue weighted by Gasteiger charge is -2.01. The van der Waals surface area contributed by atoms with Crippen LogP contribution in [0.25, 0.3) is 0 Å². The third-order valence-electron chi connectivity index (χ3n) is 3.05. The van der Waals surface area contributed by atoms with E-state index in [0.717, 1.165) is 11.5 Å². The van der Waals surface area contributed by atoms with Crippen molar-refractivity contribution < 1.29 is 18.4 Å². The van der Waals surface area contributed by atoms with Gasteiger partial charge in [0.25, 0.3) is 0 Å². The summed E-state index contributed by atoms with van der Waals surface area (Å²) < 4.78 is 10.7. The molecule has 2 aromatic rings. The zero-order chi connectivity index (χ0) is 17.7. The summed E-state index contributed by atoms with van der Waals surface area (Å²) in [5, 5.41) is 7.63. The summed E-state index contributed by atoms with van der Waals surface area (Å²) >= 11 is 0. The van der Waals surface area contributed by atoms with E-state index in [9.17, 15) is 9.59 Å². The van der Waals surface area contributed by atoms with Gasteiger partial charge in [0.05, 0.1) is 0 Å². The predicted octanol–water partition coefficient (Wildman–Crippen LogP) is 1.87. The molecular formula is C16H18N4O4. The van der Waals surface area contributed by atoms with Crippen LogP contribution in [0.4, 0.5) is 0 Å². The fourth-order valence-corrected chi connectivity index (χ4v) is 1.74. The number of nitrogens with one attached hydrogen (secondary N) is 2. The van der Waals surface area contributed by atoms with Crippen LogP contribution in [0.5, 0.6) is 0 Å². The summed E-state index contributed by atoms with van der Waals surface area (Å²) in [6.07, 6.45) is 0. The van der Waals surface area contributed by atoms with Gasteiger partial charge in [0.1, 0.15) is 34.5 Å². The smallest absolute Gasteiger partial charge is 0.331 e. The van der Waals surface area contributed by atoms with Crippen molar-refractivity contribution in [1.29, 1.82) is 0 Å². The molecule has 8 nitrogen and oxygen atoms in total. The van der Waals surface area contributed by atoms with Gasteiger partial charge in [0.2, 0.25) is 0 Å². The Kier molecular flexibility index (Phi) is 5.31. The number of rotatable bonds is 4. The molecule has 0 aliphatic heterocycles. The number of hydrazone groups is 2. The third kappa shape index (κ3) is 4.42. The highest BCUT2D eigenvalue weighted by molar-refractivity contribution is 6.35. The average Bonchev–Trinajstić information content (AvgIpc) is 3.18. The summed E-state index contributed by atoms with van der Waals surface area (Å²) in [5.74, 6) is 0.586. The van der Waals surface area contributed by atoms with Crippen molar-refractivity contribution in [2.24, 2.45) is 10.2 Å². The van der Waals surface area contributed by atoms with Crippen LogP contribution in [0.2, 0.25) is 0 Å². The van der Waals surface area contributed by atoms with Gasteiger partial charge >= 0.3 is 11.8 Å². The molecule has 8 heteroatoms. The van der Waals surface area contributed by atoms with Crippen molar-refractivity contribution in [3.8, 4) is 0 Å². The Labute approximate surface area is 138 Å². The first-order valence-electron chi connectivity index (χ1n) is 7.19. The Hall–Kier alpha value is -3.16. The number of aryl methyl sites for hydroxylation is 2. The molecule has 2 amide bonds. The molecule has 0 saturated heterocycles. The second-order valence-electron chi connectivity index (χ2n) is 5.10. The summed E-state index contributed by atoms with van der Waals surface area (Å²) in [6.45, 7) is 6.89. The highest BCUT2D eigenvalue weighted by Crippen LogP contribution is 2.07. The molecule has 0 aliphatic carbocycles. The summed E-state index contributed by atoms with van der Waals surface area (Å²) in [5.41, 5.74) is 5.16. The number of amides is 2. The maximum Gasteiger partial charge on any atom is 0.331 e. The van der Waals surface area contributed by atoms with E-state index in [0.29, 0.717) is 22.9 Å². The Bertz CT molecular complexity index is 745. The van der Waals surface area contributed by atoms with Crippen molar-refractivity contribution in [3.63, 3.8) is 0 Å². The molecule has 0 radical (unpaired) electrons. The largest absolute Gasteiger partial charge is 0.460 e. The zero-order valence-corrected chi connectivity index (χ0v) is 13.8. The predicted molar refractivity (Wildman–Crippen MR) is 87.6 cm³/mol. The van der Waals surface area contributed by atoms with E-state index in [1.54, 1.807) is 52.0 Å². The van der Waals surface area contributed by atoms with Gasteiger partial charge in [-0.2, -0.15) is 10.2 Å². The normalized spacial score (nSPS) is 12.2. The topological polar surface area (TPSA) is 109 Å². The lowest BCUT2D eigenvalue weighted by molar-refractivity contribution is -0.139. The molecular weight excluding hydrogens is 312 g/mol. The number of hydrogen-bond acceptors (Lipinski definition) is 6. The van der Waals surface area contributed by atoms with Gasteiger partial charge in [-0.3, -0.25) is 9.59 Å². The second kappa shape index (κ2) is 7.40. The van der Waals surface area contributed by atoms with Gasteiger partial charge in [0, 0.05) is 0 Å². The van der Waals surface area contributed by atoms with Crippen LogP contribution >= 0.6 is 0 Å². The van der Waals surface area contributed by atoms with Crippen molar-refractivity contribution in [2.45, 2.75) is 27.7 Å². The monoisotopic (exact) mass is 330 g/mol. The Morgan fingerprint density at radius 2 is 1.17 bits per heavy atom. The first kappa shape index (κ1) is 17.2. The fourth-order valence-electron chi connectivity index (χ4n) is 1.74. The molecule has 0 atom stereocenters. The molecule has 0 aromatic carbocycles. The number of nitrogens with zero attached hydrogens (tertiary/aromatic N) is 2. The fraction of sp³-hybridized carbons (Fsp3) is 0.250. The SMILES string of the molecule is C/C(=N\NC(=O)C(=O)N/N=C(\C)c1ccc(C)o1)c1ccc(C)o1. The quantitative estimate of drug-likeness (QED) is 0.506. The first-order valence-corrected chi connectivity index (χ1v) is 7.19. The molecule has 2 rings (SSSR count). The molecule has 0 spiro atoms. The maximum absolute atomic E-state index is 11.7. The summed E-state index contributed by atoms with van der Waals surface area (Å²) in [4.78, 5) is 23.4. The summed E-state index contributed by atoms with van der Waals surface area (Å²) in [7, 11) is 0. The van der Waals surface area contributed by atoms with Gasteiger partial charge in [-0.1, -0.05) is 0 Å². The zero-order valence-electron chi connectivity index (χ0n) is 13.8. The lowest BCUT2D eigenvalue weighted by Crippen LogP contribution is -2.36. The van der Waals surface area contributed by atoms with Crippen LogP contribution in [0, 0.1) is 13.8 Å². The van der Waals surface area contributed by atoms with Crippen LogP contribution in [0.1, 0.15) is 36.9 Å². The van der Waals surface area contributed by atoms with Crippen molar-refractivity contribution >= 4 is 23.2 Å². The van der Waals surface area contributed by atoms with Crippen molar-refractivity contribution in [1.82, 2.24) is 10.9 Å². The van der Waals surface area contributed by atoms with Crippen LogP contribution in [0.3, 0.4) is 0 Å². The van der Waals surface area contributed by atoms with Crippen LogP contribution in [0.15, 0.2) is 43.3 Å². The third-order valence-corrected chi connectivity index (χ3v) is 3.05. The minimum absolute atomic E-state index is 0.440. The van der Waals surface area contributed by atoms with E-state index in [1.807, 2.05) is 0 Å². The van der Waals surface area contributed by atoms with Crippen molar-refractivity contribution in [2.75, 3.05) is 0 Å². The molecule has 0 unspecified atom stereocenters. The molecule has 126 valence electrons. The van der Waals surface area contributed by atoms with Gasteiger partial charge in [-0.25, -0.2) is 10.9 Å². The average molecular weight is 330 g/mol. The van der Waals surface area contributed by atoms with Crippen LogP contribution < -0.4 is 10.9 Å². The second-order valence-corrected chi connectivity index (χ2v) is 5.10. The lowest BCUT2D eigenvalue weighted by atomic mass is 10.3. The first-order chi connectivity index (χ1) is 11.4.